The highest BCUT2D eigenvalue weighted by Crippen LogP contribution is 2.38. The molecular weight excluding hydrogens is 320 g/mol. The number of para-hydroxylation sites is 1. The molecule has 3 aromatic carbocycles. The lowest BCUT2D eigenvalue weighted by Gasteiger charge is -2.14. The van der Waals surface area contributed by atoms with E-state index in [1.165, 1.54) is 6.07 Å². The van der Waals surface area contributed by atoms with E-state index >= 15 is 0 Å². The highest BCUT2D eigenvalue weighted by atomic mass is 16.5. The summed E-state index contributed by atoms with van der Waals surface area (Å²) >= 11 is 0. The molecule has 126 valence electrons. The zero-order valence-corrected chi connectivity index (χ0v) is 13.2. The molecule has 0 spiro atoms. The van der Waals surface area contributed by atoms with Gasteiger partial charge in [-0.2, -0.15) is 0 Å². The van der Waals surface area contributed by atoms with Crippen LogP contribution in [0.15, 0.2) is 66.7 Å². The lowest BCUT2D eigenvalue weighted by Crippen LogP contribution is -2.02. The average Bonchev–Trinajstić information content (AvgIpc) is 2.60. The van der Waals surface area contributed by atoms with Crippen molar-refractivity contribution in [2.75, 3.05) is 11.5 Å². The Balaban J connectivity index is 1.99. The predicted octanol–water partition coefficient (Wildman–Crippen LogP) is 4.13. The van der Waals surface area contributed by atoms with Gasteiger partial charge < -0.3 is 26.0 Å². The molecule has 0 bridgehead atoms. The summed E-state index contributed by atoms with van der Waals surface area (Å²) in [4.78, 5) is 11.5. The summed E-state index contributed by atoms with van der Waals surface area (Å²) in [5.74, 6) is 0.232. The van der Waals surface area contributed by atoms with Crippen molar-refractivity contribution in [3.05, 3.63) is 72.3 Å². The van der Waals surface area contributed by atoms with Gasteiger partial charge in [-0.3, -0.25) is 0 Å². The second kappa shape index (κ2) is 6.84. The molecule has 25 heavy (non-hydrogen) atoms. The van der Waals surface area contributed by atoms with E-state index in [0.29, 0.717) is 22.9 Å². The zero-order valence-electron chi connectivity index (χ0n) is 13.2. The first-order valence-corrected chi connectivity index (χ1v) is 7.46. The molecule has 0 saturated carbocycles. The van der Waals surface area contributed by atoms with Crippen LogP contribution >= 0.6 is 0 Å². The normalized spacial score (nSPS) is 10.2. The molecule has 0 aromatic heterocycles. The lowest BCUT2D eigenvalue weighted by molar-refractivity contribution is 0.0693. The van der Waals surface area contributed by atoms with Crippen LogP contribution in [-0.4, -0.2) is 11.1 Å². The van der Waals surface area contributed by atoms with Gasteiger partial charge in [0.15, 0.2) is 11.5 Å². The molecule has 0 unspecified atom stereocenters. The van der Waals surface area contributed by atoms with Gasteiger partial charge in [0.1, 0.15) is 17.1 Å². The molecule has 3 aromatic rings. The van der Waals surface area contributed by atoms with Crippen molar-refractivity contribution < 1.29 is 19.4 Å². The minimum absolute atomic E-state index is 0.00947. The summed E-state index contributed by atoms with van der Waals surface area (Å²) in [7, 11) is 0. The maximum atomic E-state index is 11.5. The van der Waals surface area contributed by atoms with Crippen molar-refractivity contribution >= 4 is 17.3 Å². The molecule has 0 saturated heterocycles. The fourth-order valence-electron chi connectivity index (χ4n) is 2.19. The van der Waals surface area contributed by atoms with Gasteiger partial charge in [0, 0.05) is 11.4 Å². The van der Waals surface area contributed by atoms with Gasteiger partial charge in [-0.15, -0.1) is 0 Å². The second-order valence-corrected chi connectivity index (χ2v) is 5.28. The first-order valence-electron chi connectivity index (χ1n) is 7.46. The number of anilines is 2. The molecule has 5 N–H and O–H groups in total. The van der Waals surface area contributed by atoms with E-state index in [9.17, 15) is 9.90 Å². The van der Waals surface area contributed by atoms with Crippen LogP contribution in [0.4, 0.5) is 11.4 Å². The second-order valence-electron chi connectivity index (χ2n) is 5.28. The Labute approximate surface area is 144 Å². The number of hydrogen-bond donors (Lipinski definition) is 3. The van der Waals surface area contributed by atoms with E-state index in [0.717, 1.165) is 0 Å². The van der Waals surface area contributed by atoms with Crippen molar-refractivity contribution in [1.29, 1.82) is 0 Å². The number of carboxylic acid groups (broad SMARTS) is 1. The topological polar surface area (TPSA) is 108 Å². The summed E-state index contributed by atoms with van der Waals surface area (Å²) in [5.41, 5.74) is 12.5. The Hall–Kier alpha value is -3.67. The van der Waals surface area contributed by atoms with Gasteiger partial charge in [-0.1, -0.05) is 6.07 Å². The van der Waals surface area contributed by atoms with Gasteiger partial charge in [0.05, 0.1) is 0 Å². The van der Waals surface area contributed by atoms with Gasteiger partial charge >= 0.3 is 5.97 Å². The first kappa shape index (κ1) is 16.2. The number of rotatable bonds is 5. The first-order chi connectivity index (χ1) is 12.0. The molecule has 0 atom stereocenters. The van der Waals surface area contributed by atoms with Crippen LogP contribution in [0, 0.1) is 0 Å². The van der Waals surface area contributed by atoms with Gasteiger partial charge in [-0.25, -0.2) is 4.79 Å². The highest BCUT2D eigenvalue weighted by molar-refractivity contribution is 5.92. The fourth-order valence-corrected chi connectivity index (χ4v) is 2.19. The Kier molecular flexibility index (Phi) is 4.43. The molecular formula is C19H16N2O4. The van der Waals surface area contributed by atoms with Crippen LogP contribution in [0.25, 0.3) is 0 Å². The van der Waals surface area contributed by atoms with Crippen molar-refractivity contribution in [3.8, 4) is 23.0 Å². The standard InChI is InChI=1S/C19H16N2O4/c20-12-4-8-14(9-5-12)24-17-3-1-2-16(19(22)23)18(17)25-15-10-6-13(21)7-11-15/h1-11H,20-21H2,(H,22,23). The lowest BCUT2D eigenvalue weighted by atomic mass is 10.2. The third-order valence-corrected chi connectivity index (χ3v) is 3.42. The zero-order chi connectivity index (χ0) is 17.8. The van der Waals surface area contributed by atoms with E-state index in [-0.39, 0.29) is 17.1 Å². The van der Waals surface area contributed by atoms with Crippen LogP contribution in [0.5, 0.6) is 23.0 Å². The molecule has 3 rings (SSSR count). The summed E-state index contributed by atoms with van der Waals surface area (Å²) in [6.45, 7) is 0. The predicted molar refractivity (Wildman–Crippen MR) is 95.3 cm³/mol. The number of benzene rings is 3. The van der Waals surface area contributed by atoms with Crippen molar-refractivity contribution in [3.63, 3.8) is 0 Å². The minimum atomic E-state index is -1.12. The molecule has 0 amide bonds. The van der Waals surface area contributed by atoms with Gasteiger partial charge in [-0.05, 0) is 60.7 Å². The third-order valence-electron chi connectivity index (χ3n) is 3.42. The Bertz CT molecular complexity index is 890. The molecule has 0 radical (unpaired) electrons. The molecule has 0 aliphatic carbocycles. The van der Waals surface area contributed by atoms with Crippen molar-refractivity contribution in [2.45, 2.75) is 0 Å². The fraction of sp³-hybridized carbons (Fsp3) is 0. The average molecular weight is 336 g/mol. The number of carbonyl (C=O) groups is 1. The summed E-state index contributed by atoms with van der Waals surface area (Å²) in [6, 6.07) is 18.1. The van der Waals surface area contributed by atoms with Gasteiger partial charge in [0.25, 0.3) is 0 Å². The van der Waals surface area contributed by atoms with E-state index in [1.54, 1.807) is 60.7 Å². The number of ether oxygens (including phenoxy) is 2. The van der Waals surface area contributed by atoms with Crippen molar-refractivity contribution in [2.24, 2.45) is 0 Å². The number of nitrogens with two attached hydrogens (primary N) is 2. The van der Waals surface area contributed by atoms with E-state index in [4.69, 9.17) is 20.9 Å². The smallest absolute Gasteiger partial charge is 0.339 e. The monoisotopic (exact) mass is 336 g/mol. The maximum Gasteiger partial charge on any atom is 0.339 e. The van der Waals surface area contributed by atoms with E-state index in [2.05, 4.69) is 0 Å². The highest BCUT2D eigenvalue weighted by Gasteiger charge is 2.18. The van der Waals surface area contributed by atoms with Crippen molar-refractivity contribution in [1.82, 2.24) is 0 Å². The largest absolute Gasteiger partial charge is 0.478 e. The Morgan fingerprint density at radius 2 is 1.28 bits per heavy atom. The van der Waals surface area contributed by atoms with E-state index < -0.39 is 5.97 Å². The van der Waals surface area contributed by atoms with Crippen LogP contribution in [0.1, 0.15) is 10.4 Å². The van der Waals surface area contributed by atoms with E-state index in [1.807, 2.05) is 0 Å². The van der Waals surface area contributed by atoms with Crippen LogP contribution in [-0.2, 0) is 0 Å². The molecule has 6 heteroatoms. The molecule has 6 nitrogen and oxygen atoms in total. The maximum absolute atomic E-state index is 11.5. The molecule has 0 aliphatic rings. The van der Waals surface area contributed by atoms with Crippen LogP contribution < -0.4 is 20.9 Å². The Morgan fingerprint density at radius 1 is 0.760 bits per heavy atom. The van der Waals surface area contributed by atoms with Crippen LogP contribution in [0.3, 0.4) is 0 Å². The summed E-state index contributed by atoms with van der Waals surface area (Å²) < 4.78 is 11.5. The summed E-state index contributed by atoms with van der Waals surface area (Å²) in [5, 5.41) is 9.44. The van der Waals surface area contributed by atoms with Gasteiger partial charge in [0.2, 0.25) is 0 Å². The molecule has 0 fully saturated rings. The molecule has 0 heterocycles. The Morgan fingerprint density at radius 3 is 1.80 bits per heavy atom. The number of aromatic carboxylic acids is 1. The SMILES string of the molecule is Nc1ccc(Oc2cccc(C(=O)O)c2Oc2ccc(N)cc2)cc1. The minimum Gasteiger partial charge on any atom is -0.478 e. The van der Waals surface area contributed by atoms with Crippen LogP contribution in [0.2, 0.25) is 0 Å². The third kappa shape index (κ3) is 3.81. The molecule has 0 aliphatic heterocycles. The quantitative estimate of drug-likeness (QED) is 0.605. The number of carboxylic acids is 1. The number of nitrogen functional groups attached to an aromatic ring is 2. The summed E-state index contributed by atoms with van der Waals surface area (Å²) in [6.07, 6.45) is 0. The number of hydrogen-bond acceptors (Lipinski definition) is 5.